The molecular weight excluding hydrogens is 259 g/mol. The monoisotopic (exact) mass is 270 g/mol. The second-order valence-electron chi connectivity index (χ2n) is 3.58. The lowest BCUT2D eigenvalue weighted by atomic mass is 10.2. The van der Waals surface area contributed by atoms with Crippen LogP contribution in [0.3, 0.4) is 0 Å². The van der Waals surface area contributed by atoms with E-state index in [0.717, 1.165) is 23.0 Å². The summed E-state index contributed by atoms with van der Waals surface area (Å²) in [5.41, 5.74) is 0.538. The van der Waals surface area contributed by atoms with Crippen molar-refractivity contribution in [1.29, 1.82) is 0 Å². The minimum atomic E-state index is -0.316. The Morgan fingerprint density at radius 3 is 3.00 bits per heavy atom. The first-order chi connectivity index (χ1) is 8.20. The van der Waals surface area contributed by atoms with Crippen LogP contribution in [0, 0.1) is 5.82 Å². The second kappa shape index (κ2) is 5.47. The Hall–Kier alpha value is -1.13. The molecule has 0 spiro atoms. The molecule has 0 saturated carbocycles. The van der Waals surface area contributed by atoms with Crippen molar-refractivity contribution in [2.75, 3.05) is 11.9 Å². The molecule has 2 aromatic rings. The van der Waals surface area contributed by atoms with Crippen molar-refractivity contribution in [3.8, 4) is 10.4 Å². The highest BCUT2D eigenvalue weighted by Crippen LogP contribution is 2.31. The number of nitrogens with zero attached hydrogens (tertiary/aromatic N) is 1. The van der Waals surface area contributed by atoms with Crippen LogP contribution in [0.5, 0.6) is 0 Å². The van der Waals surface area contributed by atoms with E-state index in [1.54, 1.807) is 18.3 Å². The van der Waals surface area contributed by atoms with Gasteiger partial charge < -0.3 is 5.32 Å². The van der Waals surface area contributed by atoms with Crippen LogP contribution in [0.2, 0.25) is 5.02 Å². The Bertz CT molecular complexity index is 513. The van der Waals surface area contributed by atoms with Crippen LogP contribution in [-0.4, -0.2) is 11.5 Å². The molecule has 0 bridgehead atoms. The van der Waals surface area contributed by atoms with Crippen LogP contribution in [-0.2, 0) is 0 Å². The van der Waals surface area contributed by atoms with Crippen molar-refractivity contribution >= 4 is 28.1 Å². The molecule has 0 fully saturated rings. The summed E-state index contributed by atoms with van der Waals surface area (Å²) < 4.78 is 13.7. The van der Waals surface area contributed by atoms with Gasteiger partial charge in [0.25, 0.3) is 0 Å². The zero-order chi connectivity index (χ0) is 12.3. The van der Waals surface area contributed by atoms with E-state index in [2.05, 4.69) is 17.2 Å². The van der Waals surface area contributed by atoms with Crippen molar-refractivity contribution in [3.05, 3.63) is 35.2 Å². The number of nitrogens with one attached hydrogen (secondary N) is 1. The van der Waals surface area contributed by atoms with Gasteiger partial charge in [-0.3, -0.25) is 0 Å². The Labute approximate surface area is 108 Å². The molecule has 5 heteroatoms. The van der Waals surface area contributed by atoms with E-state index in [1.807, 2.05) is 0 Å². The molecule has 2 nitrogen and oxygen atoms in total. The molecule has 0 aliphatic carbocycles. The largest absolute Gasteiger partial charge is 0.362 e. The van der Waals surface area contributed by atoms with Crippen LogP contribution >= 0.6 is 22.9 Å². The molecule has 0 saturated heterocycles. The highest BCUT2D eigenvalue weighted by atomic mass is 35.5. The average Bonchev–Trinajstić information content (AvgIpc) is 2.75. The molecule has 0 atom stereocenters. The van der Waals surface area contributed by atoms with Gasteiger partial charge in [-0.1, -0.05) is 29.9 Å². The third kappa shape index (κ3) is 2.96. The van der Waals surface area contributed by atoms with E-state index in [4.69, 9.17) is 11.6 Å². The van der Waals surface area contributed by atoms with Gasteiger partial charge in [-0.25, -0.2) is 9.37 Å². The lowest BCUT2D eigenvalue weighted by molar-refractivity contribution is 0.632. The predicted molar refractivity (Wildman–Crippen MR) is 71.3 cm³/mol. The zero-order valence-electron chi connectivity index (χ0n) is 9.34. The number of hydrogen-bond acceptors (Lipinski definition) is 3. The summed E-state index contributed by atoms with van der Waals surface area (Å²) in [6, 6.07) is 4.67. The lowest BCUT2D eigenvalue weighted by Gasteiger charge is -2.00. The summed E-state index contributed by atoms with van der Waals surface area (Å²) in [7, 11) is 0. The number of rotatable bonds is 4. The number of halogens is 2. The highest BCUT2D eigenvalue weighted by molar-refractivity contribution is 7.18. The molecular formula is C12H12ClFN2S. The van der Waals surface area contributed by atoms with E-state index in [-0.39, 0.29) is 5.82 Å². The van der Waals surface area contributed by atoms with Gasteiger partial charge in [0.2, 0.25) is 0 Å². The SMILES string of the molecule is CCCNc1ncc(-c2ccc(Cl)cc2F)s1. The van der Waals surface area contributed by atoms with E-state index in [0.29, 0.717) is 10.6 Å². The van der Waals surface area contributed by atoms with Crippen LogP contribution in [0.25, 0.3) is 10.4 Å². The number of hydrogen-bond donors (Lipinski definition) is 1. The quantitative estimate of drug-likeness (QED) is 0.889. The van der Waals surface area contributed by atoms with E-state index >= 15 is 0 Å². The molecule has 1 aromatic carbocycles. The first-order valence-electron chi connectivity index (χ1n) is 5.36. The van der Waals surface area contributed by atoms with Gasteiger partial charge in [0.05, 0.1) is 4.88 Å². The molecule has 17 heavy (non-hydrogen) atoms. The third-order valence-electron chi connectivity index (χ3n) is 2.23. The maximum Gasteiger partial charge on any atom is 0.183 e. The molecule has 0 radical (unpaired) electrons. The first kappa shape index (κ1) is 12.3. The van der Waals surface area contributed by atoms with Crippen LogP contribution in [0.1, 0.15) is 13.3 Å². The summed E-state index contributed by atoms with van der Waals surface area (Å²) >= 11 is 7.15. The molecule has 90 valence electrons. The Balaban J connectivity index is 2.24. The summed E-state index contributed by atoms with van der Waals surface area (Å²) in [4.78, 5) is 5.00. The standard InChI is InChI=1S/C12H12ClFN2S/c1-2-5-15-12-16-7-11(17-12)9-4-3-8(13)6-10(9)14/h3-4,6-7H,2,5H2,1H3,(H,15,16). The van der Waals surface area contributed by atoms with Crippen molar-refractivity contribution in [3.63, 3.8) is 0 Å². The number of anilines is 1. The van der Waals surface area contributed by atoms with Gasteiger partial charge in [0.15, 0.2) is 5.13 Å². The number of aromatic nitrogens is 1. The summed E-state index contributed by atoms with van der Waals surface area (Å²) in [5, 5.41) is 4.39. The smallest absolute Gasteiger partial charge is 0.183 e. The fraction of sp³-hybridized carbons (Fsp3) is 0.250. The molecule has 0 aliphatic rings. The maximum absolute atomic E-state index is 13.7. The molecule has 2 rings (SSSR count). The van der Waals surface area contributed by atoms with Crippen molar-refractivity contribution in [1.82, 2.24) is 4.98 Å². The maximum atomic E-state index is 13.7. The fourth-order valence-electron chi connectivity index (χ4n) is 1.40. The van der Waals surface area contributed by atoms with Crippen molar-refractivity contribution in [2.24, 2.45) is 0 Å². The molecule has 0 aliphatic heterocycles. The number of thiazole rings is 1. The highest BCUT2D eigenvalue weighted by Gasteiger charge is 2.09. The normalized spacial score (nSPS) is 10.5. The lowest BCUT2D eigenvalue weighted by Crippen LogP contribution is -1.97. The molecule has 0 amide bonds. The van der Waals surface area contributed by atoms with Gasteiger partial charge in [0, 0.05) is 23.3 Å². The molecule has 1 N–H and O–H groups in total. The average molecular weight is 271 g/mol. The van der Waals surface area contributed by atoms with Gasteiger partial charge in [-0.2, -0.15) is 0 Å². The van der Waals surface area contributed by atoms with Crippen LogP contribution < -0.4 is 5.32 Å². The first-order valence-corrected chi connectivity index (χ1v) is 6.55. The van der Waals surface area contributed by atoms with Crippen molar-refractivity contribution in [2.45, 2.75) is 13.3 Å². The predicted octanol–water partition coefficient (Wildman–Crippen LogP) is 4.42. The van der Waals surface area contributed by atoms with Crippen molar-refractivity contribution < 1.29 is 4.39 Å². The summed E-state index contributed by atoms with van der Waals surface area (Å²) in [6.07, 6.45) is 2.71. The fourth-order valence-corrected chi connectivity index (χ4v) is 2.43. The summed E-state index contributed by atoms with van der Waals surface area (Å²) in [6.45, 7) is 2.95. The van der Waals surface area contributed by atoms with E-state index < -0.39 is 0 Å². The Kier molecular flexibility index (Phi) is 3.97. The summed E-state index contributed by atoms with van der Waals surface area (Å²) in [5.74, 6) is -0.316. The number of benzene rings is 1. The Morgan fingerprint density at radius 2 is 2.29 bits per heavy atom. The molecule has 1 heterocycles. The van der Waals surface area contributed by atoms with E-state index in [1.165, 1.54) is 17.4 Å². The molecule has 1 aromatic heterocycles. The van der Waals surface area contributed by atoms with Gasteiger partial charge in [-0.05, 0) is 24.6 Å². The minimum Gasteiger partial charge on any atom is -0.362 e. The van der Waals surface area contributed by atoms with Gasteiger partial charge in [-0.15, -0.1) is 0 Å². The van der Waals surface area contributed by atoms with E-state index in [9.17, 15) is 4.39 Å². The topological polar surface area (TPSA) is 24.9 Å². The zero-order valence-corrected chi connectivity index (χ0v) is 10.9. The van der Waals surface area contributed by atoms with Crippen LogP contribution in [0.15, 0.2) is 24.4 Å². The van der Waals surface area contributed by atoms with Gasteiger partial charge >= 0.3 is 0 Å². The molecule has 0 unspecified atom stereocenters. The second-order valence-corrected chi connectivity index (χ2v) is 5.05. The van der Waals surface area contributed by atoms with Gasteiger partial charge in [0.1, 0.15) is 5.82 Å². The minimum absolute atomic E-state index is 0.316. The van der Waals surface area contributed by atoms with Crippen LogP contribution in [0.4, 0.5) is 9.52 Å². The third-order valence-corrected chi connectivity index (χ3v) is 3.45. The Morgan fingerprint density at radius 1 is 1.47 bits per heavy atom.